The minimum Gasteiger partial charge on any atom is -0.344 e. The first-order valence-electron chi connectivity index (χ1n) is 12.5. The van der Waals surface area contributed by atoms with E-state index in [1.165, 1.54) is 49.7 Å². The SMILES string of the molecule is C=C(/C=C\C(=C/CC)n1c2ccccc2c2cc3c4c(n(C)c3cc21)C=CCC4)c1ccccc1. The van der Waals surface area contributed by atoms with Crippen LogP contribution in [0.4, 0.5) is 0 Å². The number of rotatable bonds is 5. The number of aromatic nitrogens is 2. The van der Waals surface area contributed by atoms with E-state index in [1.54, 1.807) is 0 Å². The fourth-order valence-electron chi connectivity index (χ4n) is 5.55. The largest absolute Gasteiger partial charge is 0.344 e. The molecule has 1 aliphatic rings. The molecule has 5 aromatic rings. The number of nitrogens with zero attached hydrogens (tertiary/aromatic N) is 2. The molecular weight excluding hydrogens is 424 g/mol. The molecule has 0 spiro atoms. The van der Waals surface area contributed by atoms with Crippen LogP contribution in [-0.4, -0.2) is 9.13 Å². The van der Waals surface area contributed by atoms with Crippen LogP contribution in [-0.2, 0) is 13.5 Å². The van der Waals surface area contributed by atoms with E-state index in [0.29, 0.717) is 0 Å². The topological polar surface area (TPSA) is 9.86 Å². The Bertz CT molecular complexity index is 1680. The Hall–Kier alpha value is -4.04. The highest BCUT2D eigenvalue weighted by Crippen LogP contribution is 2.38. The van der Waals surface area contributed by atoms with Crippen LogP contribution in [0.2, 0.25) is 0 Å². The highest BCUT2D eigenvalue weighted by atomic mass is 15.0. The molecule has 0 bridgehead atoms. The normalized spacial score (nSPS) is 13.9. The summed E-state index contributed by atoms with van der Waals surface area (Å²) in [7, 11) is 2.20. The summed E-state index contributed by atoms with van der Waals surface area (Å²) >= 11 is 0. The smallest absolute Gasteiger partial charge is 0.0562 e. The fraction of sp³-hybridized carbons (Fsp3) is 0.152. The number of hydrogen-bond donors (Lipinski definition) is 0. The zero-order valence-electron chi connectivity index (χ0n) is 20.5. The van der Waals surface area contributed by atoms with E-state index in [9.17, 15) is 0 Å². The number of para-hydroxylation sites is 1. The van der Waals surface area contributed by atoms with Crippen molar-refractivity contribution < 1.29 is 0 Å². The molecular formula is C33H30N2. The number of benzene rings is 3. The summed E-state index contributed by atoms with van der Waals surface area (Å²) < 4.78 is 4.78. The van der Waals surface area contributed by atoms with Crippen LogP contribution in [0, 0.1) is 0 Å². The lowest BCUT2D eigenvalue weighted by Gasteiger charge is -2.10. The molecule has 2 heterocycles. The van der Waals surface area contributed by atoms with Gasteiger partial charge in [0.1, 0.15) is 0 Å². The molecule has 1 aliphatic carbocycles. The number of fused-ring (bicyclic) bond motifs is 6. The van der Waals surface area contributed by atoms with E-state index in [-0.39, 0.29) is 0 Å². The molecule has 35 heavy (non-hydrogen) atoms. The molecule has 2 heteroatoms. The number of aryl methyl sites for hydroxylation is 2. The predicted molar refractivity (Wildman–Crippen MR) is 152 cm³/mol. The van der Waals surface area contributed by atoms with Crippen molar-refractivity contribution in [3.63, 3.8) is 0 Å². The van der Waals surface area contributed by atoms with E-state index in [4.69, 9.17) is 0 Å². The van der Waals surface area contributed by atoms with Crippen molar-refractivity contribution in [2.75, 3.05) is 0 Å². The van der Waals surface area contributed by atoms with Gasteiger partial charge in [-0.1, -0.05) is 80.3 Å². The van der Waals surface area contributed by atoms with Crippen LogP contribution in [0.1, 0.15) is 36.6 Å². The van der Waals surface area contributed by atoms with Gasteiger partial charge in [-0.3, -0.25) is 0 Å². The molecule has 2 nitrogen and oxygen atoms in total. The van der Waals surface area contributed by atoms with Crippen molar-refractivity contribution in [2.45, 2.75) is 26.2 Å². The second-order valence-electron chi connectivity index (χ2n) is 9.36. The lowest BCUT2D eigenvalue weighted by Crippen LogP contribution is -1.97. The van der Waals surface area contributed by atoms with Gasteiger partial charge in [0, 0.05) is 34.6 Å². The van der Waals surface area contributed by atoms with E-state index < -0.39 is 0 Å². The van der Waals surface area contributed by atoms with Gasteiger partial charge in [-0.2, -0.15) is 0 Å². The van der Waals surface area contributed by atoms with Crippen molar-refractivity contribution in [1.82, 2.24) is 9.13 Å². The average Bonchev–Trinajstić information content (AvgIpc) is 3.38. The van der Waals surface area contributed by atoms with Gasteiger partial charge >= 0.3 is 0 Å². The van der Waals surface area contributed by atoms with Gasteiger partial charge in [-0.05, 0) is 66.3 Å². The molecule has 0 amide bonds. The average molecular weight is 455 g/mol. The summed E-state index contributed by atoms with van der Waals surface area (Å²) in [5, 5.41) is 4.00. The lowest BCUT2D eigenvalue weighted by atomic mass is 10.00. The third-order valence-electron chi connectivity index (χ3n) is 7.26. The van der Waals surface area contributed by atoms with Gasteiger partial charge in [0.05, 0.1) is 16.6 Å². The van der Waals surface area contributed by atoms with E-state index in [2.05, 4.69) is 121 Å². The van der Waals surface area contributed by atoms with Crippen LogP contribution in [0.15, 0.2) is 97.6 Å². The van der Waals surface area contributed by atoms with Crippen molar-refractivity contribution in [2.24, 2.45) is 7.05 Å². The van der Waals surface area contributed by atoms with Crippen molar-refractivity contribution in [1.29, 1.82) is 0 Å². The van der Waals surface area contributed by atoms with Crippen LogP contribution in [0.25, 0.3) is 50.1 Å². The quantitative estimate of drug-likeness (QED) is 0.235. The van der Waals surface area contributed by atoms with Crippen molar-refractivity contribution in [3.8, 4) is 0 Å². The van der Waals surface area contributed by atoms with Gasteiger partial charge in [-0.15, -0.1) is 0 Å². The van der Waals surface area contributed by atoms with E-state index in [1.807, 2.05) is 6.07 Å². The maximum Gasteiger partial charge on any atom is 0.0562 e. The van der Waals surface area contributed by atoms with Gasteiger partial charge in [0.15, 0.2) is 0 Å². The molecule has 3 aromatic carbocycles. The summed E-state index contributed by atoms with van der Waals surface area (Å²) in [5.74, 6) is 0. The summed E-state index contributed by atoms with van der Waals surface area (Å²) in [4.78, 5) is 0. The number of allylic oxidation sites excluding steroid dienone is 6. The predicted octanol–water partition coefficient (Wildman–Crippen LogP) is 8.77. The second kappa shape index (κ2) is 8.63. The zero-order chi connectivity index (χ0) is 23.9. The first-order valence-corrected chi connectivity index (χ1v) is 12.5. The van der Waals surface area contributed by atoms with Crippen LogP contribution >= 0.6 is 0 Å². The standard InChI is InChI=1S/C33H30N2/c1-4-12-25(20-19-23(2)24-13-6-5-7-14-24)35-31-18-11-9-16-27(31)29-21-28-26-15-8-10-17-30(26)34(3)32(28)22-33(29)35/h5-7,9-14,16-22H,2,4,8,15H2,1,3H3/b20-19-,25-12+. The molecule has 0 saturated heterocycles. The first-order chi connectivity index (χ1) is 17.2. The molecule has 0 radical (unpaired) electrons. The van der Waals surface area contributed by atoms with Gasteiger partial charge in [-0.25, -0.2) is 0 Å². The molecule has 2 aromatic heterocycles. The Balaban J connectivity index is 1.59. The maximum atomic E-state index is 4.32. The lowest BCUT2D eigenvalue weighted by molar-refractivity contribution is 0.908. The monoisotopic (exact) mass is 454 g/mol. The summed E-state index contributed by atoms with van der Waals surface area (Å²) in [6.07, 6.45) is 14.4. The Kier molecular flexibility index (Phi) is 5.30. The maximum absolute atomic E-state index is 4.32. The van der Waals surface area contributed by atoms with Crippen LogP contribution in [0.5, 0.6) is 0 Å². The summed E-state index contributed by atoms with van der Waals surface area (Å²) in [6.45, 7) is 6.52. The van der Waals surface area contributed by atoms with E-state index >= 15 is 0 Å². The molecule has 0 atom stereocenters. The third kappa shape index (κ3) is 3.49. The molecule has 0 saturated carbocycles. The van der Waals surface area contributed by atoms with Crippen molar-refractivity contribution >= 4 is 50.1 Å². The highest BCUT2D eigenvalue weighted by molar-refractivity contribution is 6.15. The molecule has 0 aliphatic heterocycles. The Morgan fingerprint density at radius 2 is 1.69 bits per heavy atom. The Morgan fingerprint density at radius 3 is 2.51 bits per heavy atom. The Morgan fingerprint density at radius 1 is 0.886 bits per heavy atom. The number of hydrogen-bond acceptors (Lipinski definition) is 0. The summed E-state index contributed by atoms with van der Waals surface area (Å²) in [5.41, 5.74) is 9.94. The van der Waals surface area contributed by atoms with Gasteiger partial charge in [0.25, 0.3) is 0 Å². The molecule has 0 N–H and O–H groups in total. The second-order valence-corrected chi connectivity index (χ2v) is 9.36. The molecule has 6 rings (SSSR count). The first kappa shape index (κ1) is 21.5. The summed E-state index contributed by atoms with van der Waals surface area (Å²) in [6, 6.07) is 24.0. The Labute approximate surface area is 206 Å². The molecule has 0 fully saturated rings. The minimum absolute atomic E-state index is 0.955. The molecule has 0 unspecified atom stereocenters. The highest BCUT2D eigenvalue weighted by Gasteiger charge is 2.19. The van der Waals surface area contributed by atoms with E-state index in [0.717, 1.165) is 30.4 Å². The zero-order valence-corrected chi connectivity index (χ0v) is 20.5. The van der Waals surface area contributed by atoms with Gasteiger partial charge < -0.3 is 9.13 Å². The minimum atomic E-state index is 0.955. The third-order valence-corrected chi connectivity index (χ3v) is 7.26. The molecule has 172 valence electrons. The van der Waals surface area contributed by atoms with Crippen LogP contribution in [0.3, 0.4) is 0 Å². The van der Waals surface area contributed by atoms with Crippen molar-refractivity contribution in [3.05, 3.63) is 114 Å². The fourth-order valence-corrected chi connectivity index (χ4v) is 5.55. The van der Waals surface area contributed by atoms with Gasteiger partial charge in [0.2, 0.25) is 0 Å². The van der Waals surface area contributed by atoms with Crippen LogP contribution < -0.4 is 0 Å².